The number of nitrogens with one attached hydrogen (secondary N) is 2. The zero-order valence-electron chi connectivity index (χ0n) is 12.2. The molecule has 0 radical (unpaired) electrons. The predicted molar refractivity (Wildman–Crippen MR) is 86.2 cm³/mol. The Morgan fingerprint density at radius 3 is 2.38 bits per heavy atom. The molecule has 0 unspecified atom stereocenters. The van der Waals surface area contributed by atoms with E-state index in [0.717, 1.165) is 30.3 Å². The fourth-order valence-corrected chi connectivity index (χ4v) is 3.01. The van der Waals surface area contributed by atoms with E-state index in [1.165, 1.54) is 12.1 Å². The third kappa shape index (κ3) is 4.98. The van der Waals surface area contributed by atoms with Gasteiger partial charge in [0, 0.05) is 18.7 Å². The number of anilines is 1. The fourth-order valence-electron chi connectivity index (χ4n) is 1.79. The van der Waals surface area contributed by atoms with Gasteiger partial charge in [-0.15, -0.1) is 0 Å². The quantitative estimate of drug-likeness (QED) is 0.816. The predicted octanol–water partition coefficient (Wildman–Crippen LogP) is 2.93. The Kier molecular flexibility index (Phi) is 5.87. The van der Waals surface area contributed by atoms with E-state index < -0.39 is 27.6 Å². The lowest BCUT2D eigenvalue weighted by Gasteiger charge is -2.08. The first-order valence-corrected chi connectivity index (χ1v) is 8.64. The number of sulfonamides is 1. The van der Waals surface area contributed by atoms with Crippen LogP contribution < -0.4 is 10.0 Å². The van der Waals surface area contributed by atoms with Crippen LogP contribution >= 0.6 is 11.6 Å². The second-order valence-corrected chi connectivity index (χ2v) is 6.95. The van der Waals surface area contributed by atoms with Crippen molar-refractivity contribution in [3.8, 4) is 0 Å². The van der Waals surface area contributed by atoms with Crippen LogP contribution in [0.5, 0.6) is 0 Å². The molecule has 2 N–H and O–H groups in total. The largest absolute Gasteiger partial charge is 0.326 e. The van der Waals surface area contributed by atoms with Crippen LogP contribution in [-0.4, -0.2) is 20.9 Å². The second kappa shape index (κ2) is 7.69. The molecule has 0 saturated carbocycles. The molecule has 0 bridgehead atoms. The molecule has 0 aliphatic rings. The number of halogens is 3. The van der Waals surface area contributed by atoms with E-state index in [1.54, 1.807) is 0 Å². The molecule has 1 amide bonds. The number of hydrogen-bond donors (Lipinski definition) is 2. The van der Waals surface area contributed by atoms with Crippen LogP contribution in [0.25, 0.3) is 0 Å². The zero-order chi connectivity index (χ0) is 17.7. The van der Waals surface area contributed by atoms with Gasteiger partial charge in [0.1, 0.15) is 11.6 Å². The Morgan fingerprint density at radius 1 is 1.08 bits per heavy atom. The minimum absolute atomic E-state index is 0.102. The monoisotopic (exact) mass is 374 g/mol. The Balaban J connectivity index is 1.87. The fraction of sp³-hybridized carbons (Fsp3) is 0.133. The highest BCUT2D eigenvalue weighted by atomic mass is 35.5. The summed E-state index contributed by atoms with van der Waals surface area (Å²) in [5.41, 5.74) is 0.299. The van der Waals surface area contributed by atoms with Crippen molar-refractivity contribution in [2.75, 3.05) is 11.9 Å². The smallest absolute Gasteiger partial charge is 0.240 e. The summed E-state index contributed by atoms with van der Waals surface area (Å²) in [4.78, 5) is 11.6. The van der Waals surface area contributed by atoms with E-state index in [0.29, 0.717) is 5.69 Å². The average Bonchev–Trinajstić information content (AvgIpc) is 2.51. The van der Waals surface area contributed by atoms with Crippen LogP contribution in [0.2, 0.25) is 5.02 Å². The van der Waals surface area contributed by atoms with Crippen molar-refractivity contribution >= 4 is 33.2 Å². The normalized spacial score (nSPS) is 11.3. The molecule has 0 spiro atoms. The van der Waals surface area contributed by atoms with Crippen molar-refractivity contribution in [1.29, 1.82) is 0 Å². The maximum Gasteiger partial charge on any atom is 0.240 e. The SMILES string of the molecule is O=C(CCNS(=O)(=O)c1ccc(F)cc1)Nc1ccc(F)c(Cl)c1. The molecular formula is C15H13ClF2N2O3S. The van der Waals surface area contributed by atoms with Gasteiger partial charge in [-0.25, -0.2) is 21.9 Å². The van der Waals surface area contributed by atoms with Crippen molar-refractivity contribution in [3.05, 3.63) is 59.1 Å². The number of carbonyl (C=O) groups excluding carboxylic acids is 1. The molecule has 128 valence electrons. The van der Waals surface area contributed by atoms with Crippen molar-refractivity contribution in [2.24, 2.45) is 0 Å². The lowest BCUT2D eigenvalue weighted by atomic mass is 10.3. The summed E-state index contributed by atoms with van der Waals surface area (Å²) in [5.74, 6) is -1.63. The highest BCUT2D eigenvalue weighted by molar-refractivity contribution is 7.89. The molecular weight excluding hydrogens is 362 g/mol. The van der Waals surface area contributed by atoms with Gasteiger partial charge in [0.05, 0.1) is 9.92 Å². The van der Waals surface area contributed by atoms with E-state index in [2.05, 4.69) is 10.0 Å². The number of benzene rings is 2. The summed E-state index contributed by atoms with van der Waals surface area (Å²) in [6, 6.07) is 7.99. The summed E-state index contributed by atoms with van der Waals surface area (Å²) in [6.45, 7) is -0.152. The first kappa shape index (κ1) is 18.3. The molecule has 2 aromatic carbocycles. The first-order chi connectivity index (χ1) is 11.3. The van der Waals surface area contributed by atoms with Crippen LogP contribution in [0.1, 0.15) is 6.42 Å². The van der Waals surface area contributed by atoms with E-state index in [9.17, 15) is 22.0 Å². The van der Waals surface area contributed by atoms with Crippen LogP contribution in [0.15, 0.2) is 47.4 Å². The molecule has 5 nitrogen and oxygen atoms in total. The zero-order valence-corrected chi connectivity index (χ0v) is 13.8. The third-order valence-corrected chi connectivity index (χ3v) is 4.74. The maximum absolute atomic E-state index is 13.0. The molecule has 24 heavy (non-hydrogen) atoms. The molecule has 0 aromatic heterocycles. The number of hydrogen-bond acceptors (Lipinski definition) is 3. The Labute approximate surface area is 142 Å². The molecule has 0 atom stereocenters. The summed E-state index contributed by atoms with van der Waals surface area (Å²) in [7, 11) is -3.83. The molecule has 0 heterocycles. The lowest BCUT2D eigenvalue weighted by Crippen LogP contribution is -2.27. The van der Waals surface area contributed by atoms with E-state index in [1.807, 2.05) is 0 Å². The number of rotatable bonds is 6. The van der Waals surface area contributed by atoms with Crippen LogP contribution in [0.4, 0.5) is 14.5 Å². The van der Waals surface area contributed by atoms with Crippen LogP contribution in [0, 0.1) is 11.6 Å². The van der Waals surface area contributed by atoms with E-state index >= 15 is 0 Å². The summed E-state index contributed by atoms with van der Waals surface area (Å²) < 4.78 is 51.9. The number of carbonyl (C=O) groups is 1. The maximum atomic E-state index is 13.0. The topological polar surface area (TPSA) is 75.3 Å². The highest BCUT2D eigenvalue weighted by Crippen LogP contribution is 2.19. The van der Waals surface area contributed by atoms with Crippen molar-refractivity contribution in [3.63, 3.8) is 0 Å². The van der Waals surface area contributed by atoms with Gasteiger partial charge in [0.25, 0.3) is 0 Å². The Bertz CT molecular complexity index is 842. The molecule has 9 heteroatoms. The van der Waals surface area contributed by atoms with Crippen LogP contribution in [0.3, 0.4) is 0 Å². The average molecular weight is 375 g/mol. The minimum atomic E-state index is -3.83. The van der Waals surface area contributed by atoms with Gasteiger partial charge in [-0.05, 0) is 42.5 Å². The molecule has 2 rings (SSSR count). The molecule has 2 aromatic rings. The summed E-state index contributed by atoms with van der Waals surface area (Å²) >= 11 is 5.60. The molecule has 0 saturated heterocycles. The Morgan fingerprint density at radius 2 is 1.75 bits per heavy atom. The highest BCUT2D eigenvalue weighted by Gasteiger charge is 2.14. The van der Waals surface area contributed by atoms with Gasteiger partial charge < -0.3 is 5.32 Å². The van der Waals surface area contributed by atoms with E-state index in [4.69, 9.17) is 11.6 Å². The molecule has 0 aliphatic heterocycles. The van der Waals surface area contributed by atoms with Gasteiger partial charge >= 0.3 is 0 Å². The third-order valence-electron chi connectivity index (χ3n) is 2.97. The molecule has 0 fully saturated rings. The molecule has 0 aliphatic carbocycles. The lowest BCUT2D eigenvalue weighted by molar-refractivity contribution is -0.116. The van der Waals surface area contributed by atoms with Gasteiger partial charge in [-0.2, -0.15) is 0 Å². The van der Waals surface area contributed by atoms with E-state index in [-0.39, 0.29) is 22.9 Å². The van der Waals surface area contributed by atoms with Crippen molar-refractivity contribution in [1.82, 2.24) is 4.72 Å². The first-order valence-electron chi connectivity index (χ1n) is 6.78. The minimum Gasteiger partial charge on any atom is -0.326 e. The van der Waals surface area contributed by atoms with Crippen molar-refractivity contribution < 1.29 is 22.0 Å². The summed E-state index contributed by atoms with van der Waals surface area (Å²) in [6.07, 6.45) is -0.143. The summed E-state index contributed by atoms with van der Waals surface area (Å²) in [5, 5.41) is 2.33. The van der Waals surface area contributed by atoms with Gasteiger partial charge in [-0.1, -0.05) is 11.6 Å². The van der Waals surface area contributed by atoms with Crippen LogP contribution in [-0.2, 0) is 14.8 Å². The van der Waals surface area contributed by atoms with Gasteiger partial charge in [0.2, 0.25) is 15.9 Å². The van der Waals surface area contributed by atoms with Gasteiger partial charge in [-0.3, -0.25) is 4.79 Å². The van der Waals surface area contributed by atoms with Gasteiger partial charge in [0.15, 0.2) is 0 Å². The second-order valence-electron chi connectivity index (χ2n) is 4.78. The Hall–Kier alpha value is -2.03. The standard InChI is InChI=1S/C15H13ClF2N2O3S/c16-13-9-11(3-6-14(13)18)20-15(21)7-8-19-24(22,23)12-4-1-10(17)2-5-12/h1-6,9,19H,7-8H2,(H,20,21). The van der Waals surface area contributed by atoms with Crippen molar-refractivity contribution in [2.45, 2.75) is 11.3 Å². The number of amides is 1.